The number of fused-ring (bicyclic) bond motifs is 10. The number of nitrogens with zero attached hydrogens (tertiary/aromatic N) is 3. The smallest absolute Gasteiger partial charge is 0.324 e. The van der Waals surface area contributed by atoms with E-state index in [9.17, 15) is 9.59 Å². The number of benzene rings is 2. The van der Waals surface area contributed by atoms with Gasteiger partial charge in [0.1, 0.15) is 0 Å². The maximum absolute atomic E-state index is 13.2. The van der Waals surface area contributed by atoms with Crippen LogP contribution in [0.4, 0.5) is 15.5 Å². The van der Waals surface area contributed by atoms with Crippen molar-refractivity contribution in [3.05, 3.63) is 64.3 Å². The molecule has 4 heterocycles. The highest BCUT2D eigenvalue weighted by atomic mass is 32.1. The van der Waals surface area contributed by atoms with Crippen molar-refractivity contribution in [2.75, 3.05) is 10.6 Å². The van der Waals surface area contributed by atoms with Gasteiger partial charge in [-0.15, -0.1) is 11.3 Å². The summed E-state index contributed by atoms with van der Waals surface area (Å²) in [5, 5.41) is 18.5. The third-order valence-corrected chi connectivity index (χ3v) is 8.19. The average Bonchev–Trinajstić information content (AvgIpc) is 3.65. The summed E-state index contributed by atoms with van der Waals surface area (Å²) in [6.45, 7) is 3.56. The quantitative estimate of drug-likeness (QED) is 0.292. The fourth-order valence-electron chi connectivity index (χ4n) is 6.07. The zero-order valence-corrected chi connectivity index (χ0v) is 21.5. The van der Waals surface area contributed by atoms with Crippen molar-refractivity contribution in [2.45, 2.75) is 39.3 Å². The number of rotatable bonds is 4. The summed E-state index contributed by atoms with van der Waals surface area (Å²) in [6, 6.07) is 9.59. The second-order valence-corrected chi connectivity index (χ2v) is 10.7. The number of hydrogen-bond donors (Lipinski definition) is 3. The molecule has 37 heavy (non-hydrogen) atoms. The van der Waals surface area contributed by atoms with Crippen LogP contribution in [0.1, 0.15) is 40.5 Å². The van der Waals surface area contributed by atoms with Gasteiger partial charge in [-0.05, 0) is 66.1 Å². The van der Waals surface area contributed by atoms with Crippen LogP contribution in [0.15, 0.2) is 41.9 Å². The lowest BCUT2D eigenvalue weighted by Crippen LogP contribution is -2.18. The minimum atomic E-state index is -0.275. The Morgan fingerprint density at radius 3 is 2.86 bits per heavy atom. The van der Waals surface area contributed by atoms with Gasteiger partial charge in [0.25, 0.3) is 5.91 Å². The summed E-state index contributed by atoms with van der Waals surface area (Å²) >= 11 is 1.48. The minimum Gasteiger partial charge on any atom is -0.348 e. The van der Waals surface area contributed by atoms with Gasteiger partial charge < -0.3 is 15.2 Å². The number of hydrogen-bond acceptors (Lipinski definition) is 4. The van der Waals surface area contributed by atoms with Gasteiger partial charge in [0.2, 0.25) is 0 Å². The van der Waals surface area contributed by atoms with Crippen molar-refractivity contribution in [2.24, 2.45) is 7.05 Å². The lowest BCUT2D eigenvalue weighted by molar-refractivity contribution is 0.0966. The van der Waals surface area contributed by atoms with Crippen molar-refractivity contribution >= 4 is 55.8 Å². The number of carbonyl (C=O) groups is 2. The number of carbonyl (C=O) groups excluding carboxylic acids is 2. The van der Waals surface area contributed by atoms with Crippen LogP contribution in [0.25, 0.3) is 32.9 Å². The topological polar surface area (TPSA) is 93.0 Å². The molecule has 0 spiro atoms. The van der Waals surface area contributed by atoms with Gasteiger partial charge in [-0.3, -0.25) is 14.8 Å². The van der Waals surface area contributed by atoms with Crippen LogP contribution in [0.3, 0.4) is 0 Å². The number of urea groups is 1. The van der Waals surface area contributed by atoms with Crippen LogP contribution in [-0.2, 0) is 33.0 Å². The van der Waals surface area contributed by atoms with Crippen molar-refractivity contribution in [3.8, 4) is 11.1 Å². The number of amides is 3. The predicted octanol–water partition coefficient (Wildman–Crippen LogP) is 5.65. The molecule has 5 aromatic rings. The molecular formula is C28H26N6O2S. The monoisotopic (exact) mass is 510 g/mol. The predicted molar refractivity (Wildman–Crippen MR) is 147 cm³/mol. The molecule has 7 rings (SSSR count). The maximum atomic E-state index is 13.2. The van der Waals surface area contributed by atoms with Crippen LogP contribution in [-0.4, -0.2) is 26.3 Å². The first-order valence-electron chi connectivity index (χ1n) is 12.6. The first-order chi connectivity index (χ1) is 18.0. The molecule has 2 aliphatic rings. The van der Waals surface area contributed by atoms with E-state index in [1.54, 1.807) is 0 Å². The SMILES string of the molecule is CCCn1c2ccc(NC(=O)Nc3cccs3)cc2c2c3c(c4c(c21)CCc1nn(C)cc1-4)C(=O)NC3. The van der Waals surface area contributed by atoms with Gasteiger partial charge in [0, 0.05) is 59.4 Å². The Balaban J connectivity index is 1.47. The Hall–Kier alpha value is -4.11. The zero-order chi connectivity index (χ0) is 25.3. The summed E-state index contributed by atoms with van der Waals surface area (Å²) in [5.41, 5.74) is 9.25. The maximum Gasteiger partial charge on any atom is 0.324 e. The summed E-state index contributed by atoms with van der Waals surface area (Å²) < 4.78 is 4.26. The number of aryl methyl sites for hydroxylation is 4. The molecule has 1 aliphatic heterocycles. The molecule has 0 radical (unpaired) electrons. The molecule has 0 saturated carbocycles. The van der Waals surface area contributed by atoms with E-state index in [4.69, 9.17) is 0 Å². The van der Waals surface area contributed by atoms with Gasteiger partial charge in [0.05, 0.1) is 21.8 Å². The average molecular weight is 511 g/mol. The van der Waals surface area contributed by atoms with Crippen LogP contribution < -0.4 is 16.0 Å². The molecule has 3 N–H and O–H groups in total. The standard InChI is InChI=1S/C28H26N6O2S/c1-3-10-34-21-9-6-15(30-28(36)31-22-5-4-11-37-22)12-17(21)24-18-13-29-27(35)25(18)23-16(26(24)34)7-8-20-19(23)14-33(2)32-20/h4-6,9,11-12,14H,3,7-8,10,13H2,1-2H3,(H,29,35)(H2,30,31,36). The molecule has 0 unspecified atom stereocenters. The van der Waals surface area contributed by atoms with Gasteiger partial charge in [0.15, 0.2) is 0 Å². The van der Waals surface area contributed by atoms with E-state index < -0.39 is 0 Å². The highest BCUT2D eigenvalue weighted by molar-refractivity contribution is 7.14. The van der Waals surface area contributed by atoms with E-state index in [-0.39, 0.29) is 11.9 Å². The summed E-state index contributed by atoms with van der Waals surface area (Å²) in [4.78, 5) is 25.9. The molecule has 3 aromatic heterocycles. The molecule has 3 amide bonds. The highest BCUT2D eigenvalue weighted by Gasteiger charge is 2.35. The molecule has 186 valence electrons. The van der Waals surface area contributed by atoms with Crippen molar-refractivity contribution < 1.29 is 9.59 Å². The van der Waals surface area contributed by atoms with Crippen LogP contribution >= 0.6 is 11.3 Å². The first-order valence-corrected chi connectivity index (χ1v) is 13.5. The van der Waals surface area contributed by atoms with Crippen molar-refractivity contribution in [1.29, 1.82) is 0 Å². The lowest BCUT2D eigenvalue weighted by Gasteiger charge is -2.21. The summed E-state index contributed by atoms with van der Waals surface area (Å²) in [7, 11) is 1.94. The number of aromatic nitrogens is 3. The van der Waals surface area contributed by atoms with E-state index in [0.717, 1.165) is 80.7 Å². The van der Waals surface area contributed by atoms with E-state index in [1.165, 1.54) is 22.4 Å². The molecule has 0 fully saturated rings. The molecule has 9 heteroatoms. The fraction of sp³-hybridized carbons (Fsp3) is 0.250. The largest absolute Gasteiger partial charge is 0.348 e. The third-order valence-electron chi connectivity index (χ3n) is 7.41. The number of thiophene rings is 1. The molecule has 0 saturated heterocycles. The molecule has 0 bridgehead atoms. The van der Waals surface area contributed by atoms with E-state index in [0.29, 0.717) is 6.54 Å². The van der Waals surface area contributed by atoms with E-state index in [2.05, 4.69) is 38.6 Å². The second-order valence-electron chi connectivity index (χ2n) is 9.72. The van der Waals surface area contributed by atoms with Crippen molar-refractivity contribution in [3.63, 3.8) is 0 Å². The lowest BCUT2D eigenvalue weighted by atomic mass is 9.82. The van der Waals surface area contributed by atoms with E-state index in [1.807, 2.05) is 47.6 Å². The Bertz CT molecular complexity index is 1740. The first kappa shape index (κ1) is 22.1. The Morgan fingerprint density at radius 1 is 1.16 bits per heavy atom. The van der Waals surface area contributed by atoms with Crippen molar-refractivity contribution in [1.82, 2.24) is 19.7 Å². The number of nitrogens with one attached hydrogen (secondary N) is 3. The molecule has 2 aromatic carbocycles. The summed E-state index contributed by atoms with van der Waals surface area (Å²) in [6.07, 6.45) is 4.72. The number of anilines is 2. The zero-order valence-electron chi connectivity index (χ0n) is 20.6. The third kappa shape index (κ3) is 3.30. The Kier molecular flexibility index (Phi) is 4.91. The molecule has 1 aliphatic carbocycles. The molecule has 0 atom stereocenters. The van der Waals surface area contributed by atoms with Gasteiger partial charge >= 0.3 is 6.03 Å². The van der Waals surface area contributed by atoms with Gasteiger partial charge in [-0.25, -0.2) is 4.79 Å². The van der Waals surface area contributed by atoms with E-state index >= 15 is 0 Å². The second kappa shape index (κ2) is 8.21. The Morgan fingerprint density at radius 2 is 2.05 bits per heavy atom. The normalized spacial score (nSPS) is 13.9. The van der Waals surface area contributed by atoms with Gasteiger partial charge in [-0.2, -0.15) is 5.10 Å². The molecule has 8 nitrogen and oxygen atoms in total. The van der Waals surface area contributed by atoms with Crippen LogP contribution in [0, 0.1) is 0 Å². The summed E-state index contributed by atoms with van der Waals surface area (Å²) in [5.74, 6) is -0.0224. The minimum absolute atomic E-state index is 0.0224. The van der Waals surface area contributed by atoms with Crippen LogP contribution in [0.5, 0.6) is 0 Å². The highest BCUT2D eigenvalue weighted by Crippen LogP contribution is 2.47. The van der Waals surface area contributed by atoms with Gasteiger partial charge in [-0.1, -0.05) is 6.92 Å². The fourth-order valence-corrected chi connectivity index (χ4v) is 6.69. The van der Waals surface area contributed by atoms with Crippen LogP contribution in [0.2, 0.25) is 0 Å². The molecular weight excluding hydrogens is 484 g/mol. The Labute approximate surface area is 217 Å².